The number of benzene rings is 2. The van der Waals surface area contributed by atoms with Crippen molar-refractivity contribution in [3.05, 3.63) is 64.5 Å². The number of alkyl halides is 2. The molecule has 2 saturated heterocycles. The number of imide groups is 2. The van der Waals surface area contributed by atoms with Gasteiger partial charge in [-0.05, 0) is 30.9 Å². The van der Waals surface area contributed by atoms with E-state index in [1.165, 1.54) is 25.3 Å². The molecule has 2 aromatic rings. The SMILES string of the molecule is COc1cccc(O)c1C1C2=CCC3C(=O)N(O)C(=O)C3C2CC2(Cl)C(=O)N(c3c(F)c(F)c(F)c(F)c3F)C(=O)C12Cl. The highest BCUT2D eigenvalue weighted by molar-refractivity contribution is 6.58. The van der Waals surface area contributed by atoms with Gasteiger partial charge in [-0.1, -0.05) is 17.7 Å². The zero-order chi connectivity index (χ0) is 31.5. The predicted molar refractivity (Wildman–Crippen MR) is 135 cm³/mol. The molecule has 9 nitrogen and oxygen atoms in total. The molecule has 43 heavy (non-hydrogen) atoms. The maximum absolute atomic E-state index is 15.0. The summed E-state index contributed by atoms with van der Waals surface area (Å²) in [6, 6.07) is 3.85. The van der Waals surface area contributed by atoms with Crippen molar-refractivity contribution in [2.45, 2.75) is 28.5 Å². The van der Waals surface area contributed by atoms with Gasteiger partial charge in [0.15, 0.2) is 33.0 Å². The molecule has 2 aliphatic carbocycles. The van der Waals surface area contributed by atoms with E-state index in [9.17, 15) is 42.7 Å². The lowest BCUT2D eigenvalue weighted by Crippen LogP contribution is -2.60. The number of carbonyl (C=O) groups is 4. The molecule has 0 radical (unpaired) electrons. The Morgan fingerprint density at radius 1 is 0.907 bits per heavy atom. The number of ether oxygens (including phenoxy) is 1. The summed E-state index contributed by atoms with van der Waals surface area (Å²) in [4.78, 5) is 47.9. The first-order chi connectivity index (χ1) is 20.1. The van der Waals surface area contributed by atoms with Gasteiger partial charge in [-0.25, -0.2) is 26.9 Å². The van der Waals surface area contributed by atoms with Gasteiger partial charge in [0.05, 0.1) is 18.9 Å². The molecule has 4 aliphatic rings. The molecule has 16 heteroatoms. The Kier molecular flexibility index (Phi) is 6.39. The third-order valence-corrected chi connectivity index (χ3v) is 10.2. The maximum Gasteiger partial charge on any atom is 0.258 e. The van der Waals surface area contributed by atoms with Gasteiger partial charge in [-0.15, -0.1) is 23.2 Å². The second kappa shape index (κ2) is 9.37. The number of hydroxylamine groups is 2. The molecule has 2 aromatic carbocycles. The molecule has 0 aromatic heterocycles. The van der Waals surface area contributed by atoms with Crippen LogP contribution in [0.25, 0.3) is 0 Å². The van der Waals surface area contributed by atoms with E-state index in [0.717, 1.165) is 6.07 Å². The molecule has 6 unspecified atom stereocenters. The Morgan fingerprint density at radius 3 is 2.12 bits per heavy atom. The first-order valence-corrected chi connectivity index (χ1v) is 13.3. The molecule has 6 atom stereocenters. The molecule has 6 rings (SSSR count). The number of nitrogens with zero attached hydrogens (tertiary/aromatic N) is 2. The number of hydrogen-bond donors (Lipinski definition) is 2. The van der Waals surface area contributed by atoms with Crippen molar-refractivity contribution in [2.75, 3.05) is 12.0 Å². The van der Waals surface area contributed by atoms with Crippen molar-refractivity contribution in [1.29, 1.82) is 0 Å². The number of phenols is 1. The van der Waals surface area contributed by atoms with Gasteiger partial charge in [0.25, 0.3) is 23.6 Å². The van der Waals surface area contributed by atoms with E-state index in [-0.39, 0.29) is 33.3 Å². The minimum Gasteiger partial charge on any atom is -0.508 e. The first kappa shape index (κ1) is 29.3. The van der Waals surface area contributed by atoms with Crippen LogP contribution >= 0.6 is 23.2 Å². The van der Waals surface area contributed by atoms with Gasteiger partial charge in [0, 0.05) is 11.5 Å². The van der Waals surface area contributed by atoms with E-state index < -0.39 is 104 Å². The maximum atomic E-state index is 15.0. The van der Waals surface area contributed by atoms with Crippen LogP contribution in [0.1, 0.15) is 24.3 Å². The number of amides is 4. The van der Waals surface area contributed by atoms with Crippen molar-refractivity contribution < 1.29 is 56.2 Å². The van der Waals surface area contributed by atoms with Crippen LogP contribution in [0.3, 0.4) is 0 Å². The zero-order valence-corrected chi connectivity index (χ0v) is 23.0. The van der Waals surface area contributed by atoms with Crippen LogP contribution in [0.15, 0.2) is 29.8 Å². The lowest BCUT2D eigenvalue weighted by atomic mass is 9.56. The molecule has 1 saturated carbocycles. The van der Waals surface area contributed by atoms with Crippen LogP contribution in [0.5, 0.6) is 11.5 Å². The van der Waals surface area contributed by atoms with Crippen LogP contribution in [-0.2, 0) is 19.2 Å². The quantitative estimate of drug-likeness (QED) is 0.0981. The number of halogens is 7. The second-order valence-electron chi connectivity index (χ2n) is 10.6. The fourth-order valence-electron chi connectivity index (χ4n) is 6.87. The van der Waals surface area contributed by atoms with Gasteiger partial charge in [0.2, 0.25) is 5.82 Å². The third kappa shape index (κ3) is 3.42. The molecule has 2 aliphatic heterocycles. The van der Waals surface area contributed by atoms with Gasteiger partial charge in [-0.2, -0.15) is 5.06 Å². The number of phenolic OH excluding ortho intramolecular Hbond substituents is 1. The van der Waals surface area contributed by atoms with Crippen molar-refractivity contribution in [3.8, 4) is 11.5 Å². The average Bonchev–Trinajstić information content (AvgIpc) is 3.29. The summed E-state index contributed by atoms with van der Waals surface area (Å²) in [6.07, 6.45) is 0.489. The van der Waals surface area contributed by atoms with E-state index in [1.807, 2.05) is 0 Å². The molecular weight excluding hydrogens is 630 g/mol. The molecule has 4 amide bonds. The van der Waals surface area contributed by atoms with Crippen LogP contribution in [-0.4, -0.2) is 55.9 Å². The number of hydrogen-bond acceptors (Lipinski definition) is 7. The fourth-order valence-corrected chi connectivity index (χ4v) is 7.79. The molecule has 2 heterocycles. The summed E-state index contributed by atoms with van der Waals surface area (Å²) in [7, 11) is 1.18. The van der Waals surface area contributed by atoms with Gasteiger partial charge in [-0.3, -0.25) is 24.4 Å². The smallest absolute Gasteiger partial charge is 0.258 e. The van der Waals surface area contributed by atoms with Gasteiger partial charge < -0.3 is 9.84 Å². The molecule has 226 valence electrons. The summed E-state index contributed by atoms with van der Waals surface area (Å²) < 4.78 is 77.7. The Hall–Kier alpha value is -3.75. The number of aromatic hydroxyl groups is 1. The van der Waals surface area contributed by atoms with Crippen LogP contribution in [0, 0.1) is 46.8 Å². The summed E-state index contributed by atoms with van der Waals surface area (Å²) in [5.74, 6) is -24.0. The van der Waals surface area contributed by atoms with Crippen LogP contribution < -0.4 is 9.64 Å². The summed E-state index contributed by atoms with van der Waals surface area (Å²) >= 11 is 13.9. The number of carbonyl (C=O) groups excluding carboxylic acids is 4. The van der Waals surface area contributed by atoms with E-state index in [4.69, 9.17) is 27.9 Å². The lowest BCUT2D eigenvalue weighted by Gasteiger charge is -2.50. The van der Waals surface area contributed by atoms with Crippen LogP contribution in [0.4, 0.5) is 27.6 Å². The standard InChI is InChI=1S/C27H17Cl2F5N2O7/c1-43-12-4-2-3-11(37)14(12)15-8-5-6-9-13(23(39)36(42)22(9)38)10(8)7-26(28)24(40)35(25(41)27(15,26)29)21-19(33)17(31)16(30)18(32)20(21)34/h2-5,9-10,13,15,37,42H,6-7H2,1H3. The lowest BCUT2D eigenvalue weighted by molar-refractivity contribution is -0.173. The largest absolute Gasteiger partial charge is 0.508 e. The number of rotatable bonds is 3. The minimum absolute atomic E-state index is 0.0872. The van der Waals surface area contributed by atoms with Crippen molar-refractivity contribution in [1.82, 2.24) is 5.06 Å². The Bertz CT molecular complexity index is 1690. The third-order valence-electron chi connectivity index (χ3n) is 8.75. The number of fused-ring (bicyclic) bond motifs is 4. The molecular formula is C27H17Cl2F5N2O7. The van der Waals surface area contributed by atoms with Gasteiger partial charge in [0.1, 0.15) is 17.2 Å². The highest BCUT2D eigenvalue weighted by Crippen LogP contribution is 2.67. The van der Waals surface area contributed by atoms with E-state index in [1.54, 1.807) is 0 Å². The molecule has 0 bridgehead atoms. The van der Waals surface area contributed by atoms with Crippen LogP contribution in [0.2, 0.25) is 0 Å². The highest BCUT2D eigenvalue weighted by Gasteiger charge is 2.77. The Morgan fingerprint density at radius 2 is 1.51 bits per heavy atom. The van der Waals surface area contributed by atoms with E-state index >= 15 is 8.78 Å². The van der Waals surface area contributed by atoms with Crippen molar-refractivity contribution in [3.63, 3.8) is 0 Å². The van der Waals surface area contributed by atoms with Crippen molar-refractivity contribution >= 4 is 52.5 Å². The van der Waals surface area contributed by atoms with E-state index in [0.29, 0.717) is 0 Å². The minimum atomic E-state index is -2.82. The first-order valence-electron chi connectivity index (χ1n) is 12.6. The summed E-state index contributed by atoms with van der Waals surface area (Å²) in [5.41, 5.74) is -2.09. The molecule has 2 N–H and O–H groups in total. The summed E-state index contributed by atoms with van der Waals surface area (Å²) in [5, 5.41) is 21.0. The van der Waals surface area contributed by atoms with Gasteiger partial charge >= 0.3 is 0 Å². The molecule has 3 fully saturated rings. The number of allylic oxidation sites excluding steroid dienone is 2. The number of anilines is 1. The zero-order valence-electron chi connectivity index (χ0n) is 21.5. The fraction of sp³-hybridized carbons (Fsp3) is 0.333. The normalized spacial score (nSPS) is 31.7. The Labute approximate surface area is 248 Å². The topological polar surface area (TPSA) is 124 Å². The monoisotopic (exact) mass is 646 g/mol. The highest BCUT2D eigenvalue weighted by atomic mass is 35.5. The summed E-state index contributed by atoms with van der Waals surface area (Å²) in [6.45, 7) is 0. The molecule has 0 spiro atoms. The second-order valence-corrected chi connectivity index (χ2v) is 11.8. The average molecular weight is 647 g/mol. The predicted octanol–water partition coefficient (Wildman–Crippen LogP) is 4.05. The van der Waals surface area contributed by atoms with E-state index in [2.05, 4.69) is 0 Å². The Balaban J connectivity index is 1.65. The number of methoxy groups -OCH3 is 1. The van der Waals surface area contributed by atoms with Crippen molar-refractivity contribution in [2.24, 2.45) is 17.8 Å².